The Kier molecular flexibility index (Phi) is 5.64. The molecule has 0 saturated carbocycles. The highest BCUT2D eigenvalue weighted by molar-refractivity contribution is 9.10. The van der Waals surface area contributed by atoms with Gasteiger partial charge in [-0.3, -0.25) is 0 Å². The van der Waals surface area contributed by atoms with E-state index >= 15 is 0 Å². The fourth-order valence-corrected chi connectivity index (χ4v) is 5.31. The molecule has 1 aliphatic carbocycles. The molecule has 3 aromatic carbocycles. The van der Waals surface area contributed by atoms with Gasteiger partial charge >= 0.3 is 0 Å². The van der Waals surface area contributed by atoms with Crippen LogP contribution < -0.4 is 14.8 Å². The van der Waals surface area contributed by atoms with Crippen molar-refractivity contribution >= 4 is 21.6 Å². The highest BCUT2D eigenvalue weighted by Gasteiger charge is 2.39. The van der Waals surface area contributed by atoms with Crippen LogP contribution in [0.5, 0.6) is 11.5 Å². The fourth-order valence-electron chi connectivity index (χ4n) is 4.74. The topological polar surface area (TPSA) is 30.5 Å². The molecular formula is C26H22BrF2NO2. The Morgan fingerprint density at radius 2 is 1.91 bits per heavy atom. The van der Waals surface area contributed by atoms with E-state index in [1.165, 1.54) is 6.07 Å². The Hall–Kier alpha value is -2.86. The first kappa shape index (κ1) is 21.0. The van der Waals surface area contributed by atoms with E-state index in [2.05, 4.69) is 33.4 Å². The lowest BCUT2D eigenvalue weighted by molar-refractivity contribution is 0.282. The number of anilines is 1. The van der Waals surface area contributed by atoms with Crippen LogP contribution in [0.3, 0.4) is 0 Å². The van der Waals surface area contributed by atoms with Crippen molar-refractivity contribution in [1.82, 2.24) is 0 Å². The summed E-state index contributed by atoms with van der Waals surface area (Å²) in [5, 5.41) is 3.34. The number of rotatable bonds is 5. The smallest absolute Gasteiger partial charge is 0.175 e. The Balaban J connectivity index is 1.49. The zero-order valence-corrected chi connectivity index (χ0v) is 19.0. The molecule has 0 amide bonds. The molecule has 164 valence electrons. The quantitative estimate of drug-likeness (QED) is 0.380. The van der Waals surface area contributed by atoms with Crippen LogP contribution in [0.4, 0.5) is 14.5 Å². The standard InChI is InChI=1S/C26H22BrF2NO2/c1-31-23-11-16(10-21(27)26(23)32-14-15-6-3-2-4-7-15)24-19-9-5-8-18(19)20-12-17(28)13-22(29)25(20)30-24/h2-8,10-13,18-19,24,30H,9,14H2,1H3/t18-,19+,24-/m0/s1. The predicted molar refractivity (Wildman–Crippen MR) is 124 cm³/mol. The van der Waals surface area contributed by atoms with Gasteiger partial charge in [0.1, 0.15) is 18.2 Å². The summed E-state index contributed by atoms with van der Waals surface area (Å²) in [5.41, 5.74) is 3.04. The number of fused-ring (bicyclic) bond motifs is 3. The zero-order valence-electron chi connectivity index (χ0n) is 17.4. The van der Waals surface area contributed by atoms with Crippen molar-refractivity contribution in [1.29, 1.82) is 0 Å². The van der Waals surface area contributed by atoms with E-state index in [0.717, 1.165) is 28.1 Å². The molecule has 0 fully saturated rings. The maximum atomic E-state index is 14.6. The van der Waals surface area contributed by atoms with E-state index < -0.39 is 11.6 Å². The summed E-state index contributed by atoms with van der Waals surface area (Å²) in [6, 6.07) is 16.0. The molecule has 0 radical (unpaired) electrons. The number of benzene rings is 3. The predicted octanol–water partition coefficient (Wildman–Crippen LogP) is 7.14. The van der Waals surface area contributed by atoms with E-state index in [1.807, 2.05) is 42.5 Å². The highest BCUT2D eigenvalue weighted by Crippen LogP contribution is 2.52. The minimum Gasteiger partial charge on any atom is -0.493 e. The van der Waals surface area contributed by atoms with Crippen LogP contribution in [0.1, 0.15) is 35.1 Å². The Morgan fingerprint density at radius 1 is 1.09 bits per heavy atom. The van der Waals surface area contributed by atoms with Crippen LogP contribution in [-0.4, -0.2) is 7.11 Å². The van der Waals surface area contributed by atoms with E-state index in [4.69, 9.17) is 9.47 Å². The minimum absolute atomic E-state index is 0.0415. The molecule has 0 bridgehead atoms. The summed E-state index contributed by atoms with van der Waals surface area (Å²) in [5.74, 6) is 0.199. The van der Waals surface area contributed by atoms with E-state index in [9.17, 15) is 8.78 Å². The van der Waals surface area contributed by atoms with Gasteiger partial charge in [-0.05, 0) is 63.2 Å². The lowest BCUT2D eigenvalue weighted by Gasteiger charge is -2.38. The third-order valence-corrected chi connectivity index (χ3v) is 6.81. The molecule has 1 heterocycles. The molecule has 2 aliphatic rings. The van der Waals surface area contributed by atoms with Crippen LogP contribution in [0.15, 0.2) is 71.2 Å². The van der Waals surface area contributed by atoms with Crippen molar-refractivity contribution in [3.8, 4) is 11.5 Å². The van der Waals surface area contributed by atoms with E-state index in [0.29, 0.717) is 29.4 Å². The number of ether oxygens (including phenoxy) is 2. The number of allylic oxidation sites excluding steroid dienone is 2. The largest absolute Gasteiger partial charge is 0.493 e. The third kappa shape index (κ3) is 3.77. The molecule has 3 nitrogen and oxygen atoms in total. The SMILES string of the molecule is COc1cc([C@@H]2Nc3c(F)cc(F)cc3[C@H]3C=CC[C@H]32)cc(Br)c1OCc1ccccc1. The molecule has 1 aliphatic heterocycles. The second-order valence-electron chi connectivity index (χ2n) is 8.14. The normalized spacial score (nSPS) is 20.9. The van der Waals surface area contributed by atoms with Gasteiger partial charge in [0.2, 0.25) is 0 Å². The minimum atomic E-state index is -0.572. The van der Waals surface area contributed by atoms with Crippen molar-refractivity contribution in [2.24, 2.45) is 5.92 Å². The molecule has 3 atom stereocenters. The first-order valence-electron chi connectivity index (χ1n) is 10.5. The Morgan fingerprint density at radius 3 is 2.69 bits per heavy atom. The van der Waals surface area contributed by atoms with E-state index in [1.54, 1.807) is 7.11 Å². The monoisotopic (exact) mass is 497 g/mol. The maximum Gasteiger partial charge on any atom is 0.175 e. The maximum absolute atomic E-state index is 14.6. The number of methoxy groups -OCH3 is 1. The lowest BCUT2D eigenvalue weighted by Crippen LogP contribution is -2.30. The molecule has 1 N–H and O–H groups in total. The number of nitrogens with one attached hydrogen (secondary N) is 1. The summed E-state index contributed by atoms with van der Waals surface area (Å²) >= 11 is 3.64. The number of hydrogen-bond donors (Lipinski definition) is 1. The van der Waals surface area contributed by atoms with E-state index in [-0.39, 0.29) is 17.9 Å². The van der Waals surface area contributed by atoms with Gasteiger partial charge in [0.05, 0.1) is 23.3 Å². The van der Waals surface area contributed by atoms with Gasteiger partial charge in [0.15, 0.2) is 11.5 Å². The van der Waals surface area contributed by atoms with Crippen molar-refractivity contribution < 1.29 is 18.3 Å². The van der Waals surface area contributed by atoms with Crippen LogP contribution in [0.25, 0.3) is 0 Å². The van der Waals surface area contributed by atoms with Crippen LogP contribution in [-0.2, 0) is 6.61 Å². The van der Waals surface area contributed by atoms with Crippen LogP contribution in [0, 0.1) is 17.6 Å². The highest BCUT2D eigenvalue weighted by atomic mass is 79.9. The Labute approximate surface area is 194 Å². The lowest BCUT2D eigenvalue weighted by atomic mass is 9.77. The molecule has 6 heteroatoms. The first-order chi connectivity index (χ1) is 15.5. The summed E-state index contributed by atoms with van der Waals surface area (Å²) in [7, 11) is 1.60. The summed E-state index contributed by atoms with van der Waals surface area (Å²) in [6.07, 6.45) is 4.97. The van der Waals surface area contributed by atoms with Gasteiger partial charge in [0, 0.05) is 12.0 Å². The molecule has 0 aromatic heterocycles. The number of halogens is 3. The molecule has 0 unspecified atom stereocenters. The molecule has 3 aromatic rings. The Bertz CT molecular complexity index is 1180. The molecular weight excluding hydrogens is 476 g/mol. The molecule has 0 saturated heterocycles. The first-order valence-corrected chi connectivity index (χ1v) is 11.3. The van der Waals surface area contributed by atoms with Crippen LogP contribution in [0.2, 0.25) is 0 Å². The van der Waals surface area contributed by atoms with Gasteiger partial charge in [0.25, 0.3) is 0 Å². The average Bonchev–Trinajstić information content (AvgIpc) is 3.28. The average molecular weight is 498 g/mol. The van der Waals surface area contributed by atoms with Gasteiger partial charge in [-0.25, -0.2) is 8.78 Å². The summed E-state index contributed by atoms with van der Waals surface area (Å²) in [6.45, 7) is 0.412. The van der Waals surface area contributed by atoms with Gasteiger partial charge in [-0.1, -0.05) is 42.5 Å². The van der Waals surface area contributed by atoms with Gasteiger partial charge < -0.3 is 14.8 Å². The van der Waals surface area contributed by atoms with Crippen molar-refractivity contribution in [3.63, 3.8) is 0 Å². The van der Waals surface area contributed by atoms with Gasteiger partial charge in [-0.2, -0.15) is 0 Å². The zero-order chi connectivity index (χ0) is 22.2. The van der Waals surface area contributed by atoms with Crippen molar-refractivity contribution in [2.75, 3.05) is 12.4 Å². The fraction of sp³-hybridized carbons (Fsp3) is 0.231. The second kappa shape index (κ2) is 8.58. The summed E-state index contributed by atoms with van der Waals surface area (Å²) < 4.78 is 41.0. The molecule has 0 spiro atoms. The van der Waals surface area contributed by atoms with Crippen molar-refractivity contribution in [2.45, 2.75) is 25.0 Å². The summed E-state index contributed by atoms with van der Waals surface area (Å²) in [4.78, 5) is 0. The second-order valence-corrected chi connectivity index (χ2v) is 8.99. The molecule has 32 heavy (non-hydrogen) atoms. The third-order valence-electron chi connectivity index (χ3n) is 6.22. The number of hydrogen-bond acceptors (Lipinski definition) is 3. The van der Waals surface area contributed by atoms with Gasteiger partial charge in [-0.15, -0.1) is 0 Å². The van der Waals surface area contributed by atoms with Crippen molar-refractivity contribution in [3.05, 3.63) is 99.5 Å². The molecule has 5 rings (SSSR count). The van der Waals surface area contributed by atoms with Crippen LogP contribution >= 0.6 is 15.9 Å².